The van der Waals surface area contributed by atoms with Crippen LogP contribution in [0.3, 0.4) is 0 Å². The second kappa shape index (κ2) is 6.92. The molecule has 1 N–H and O–H groups in total. The van der Waals surface area contributed by atoms with Gasteiger partial charge in [-0.15, -0.1) is 0 Å². The van der Waals surface area contributed by atoms with E-state index in [1.54, 1.807) is 0 Å². The molecule has 0 radical (unpaired) electrons. The Kier molecular flexibility index (Phi) is 5.43. The van der Waals surface area contributed by atoms with Crippen molar-refractivity contribution in [2.45, 2.75) is 46.1 Å². The Balaban J connectivity index is 1.97. The van der Waals surface area contributed by atoms with Gasteiger partial charge in [-0.1, -0.05) is 18.2 Å². The van der Waals surface area contributed by atoms with Gasteiger partial charge >= 0.3 is 0 Å². The molecule has 3 nitrogen and oxygen atoms in total. The van der Waals surface area contributed by atoms with Crippen molar-refractivity contribution in [2.75, 3.05) is 6.54 Å². The van der Waals surface area contributed by atoms with Crippen LogP contribution in [0.5, 0.6) is 0 Å². The highest BCUT2D eigenvalue weighted by molar-refractivity contribution is 14.1. The fourth-order valence-corrected chi connectivity index (χ4v) is 2.72. The van der Waals surface area contributed by atoms with Crippen molar-refractivity contribution >= 4 is 22.6 Å². The van der Waals surface area contributed by atoms with Gasteiger partial charge in [-0.3, -0.25) is 0 Å². The highest BCUT2D eigenvalue weighted by Crippen LogP contribution is 2.28. The Morgan fingerprint density at radius 1 is 1.29 bits per heavy atom. The van der Waals surface area contributed by atoms with Gasteiger partial charge in [-0.25, -0.2) is 4.98 Å². The average Bonchev–Trinajstić information content (AvgIpc) is 2.85. The maximum Gasteiger partial charge on any atom is 0.194 e. The molecule has 0 fully saturated rings. The van der Waals surface area contributed by atoms with Crippen LogP contribution in [0.4, 0.5) is 0 Å². The lowest BCUT2D eigenvalue weighted by molar-refractivity contribution is 0.412. The molecule has 0 spiro atoms. The summed E-state index contributed by atoms with van der Waals surface area (Å²) in [6.07, 6.45) is 3.73. The lowest BCUT2D eigenvalue weighted by Crippen LogP contribution is -2.36. The summed E-state index contributed by atoms with van der Waals surface area (Å²) in [6, 6.07) is 6.25. The lowest BCUT2D eigenvalue weighted by Gasteiger charge is -2.20. The molecular weight excluding hydrogens is 375 g/mol. The summed E-state index contributed by atoms with van der Waals surface area (Å²) < 4.78 is 7.12. The summed E-state index contributed by atoms with van der Waals surface area (Å²) in [5.41, 5.74) is 2.56. The predicted molar refractivity (Wildman–Crippen MR) is 95.5 cm³/mol. The third kappa shape index (κ3) is 4.81. The molecule has 1 aromatic heterocycles. The van der Waals surface area contributed by atoms with E-state index < -0.39 is 0 Å². The van der Waals surface area contributed by atoms with Crippen LogP contribution in [-0.2, 0) is 6.42 Å². The van der Waals surface area contributed by atoms with Gasteiger partial charge in [0.25, 0.3) is 0 Å². The minimum absolute atomic E-state index is 0.166. The van der Waals surface area contributed by atoms with E-state index in [1.807, 2.05) is 6.20 Å². The first-order valence-electron chi connectivity index (χ1n) is 7.32. The number of hydrogen-bond donors (Lipinski definition) is 1. The number of hydrogen-bond acceptors (Lipinski definition) is 3. The van der Waals surface area contributed by atoms with E-state index in [4.69, 9.17) is 4.42 Å². The van der Waals surface area contributed by atoms with Crippen molar-refractivity contribution in [3.63, 3.8) is 0 Å². The van der Waals surface area contributed by atoms with Gasteiger partial charge in [-0.2, -0.15) is 0 Å². The average molecular weight is 398 g/mol. The van der Waals surface area contributed by atoms with E-state index in [1.165, 1.54) is 9.13 Å². The van der Waals surface area contributed by atoms with Crippen LogP contribution in [0.1, 0.15) is 38.6 Å². The van der Waals surface area contributed by atoms with Crippen LogP contribution < -0.4 is 5.32 Å². The van der Waals surface area contributed by atoms with Crippen LogP contribution in [0, 0.1) is 10.5 Å². The van der Waals surface area contributed by atoms with Crippen LogP contribution in [-0.4, -0.2) is 17.1 Å². The van der Waals surface area contributed by atoms with E-state index in [0.717, 1.165) is 36.6 Å². The second-order valence-electron chi connectivity index (χ2n) is 6.34. The van der Waals surface area contributed by atoms with Crippen molar-refractivity contribution in [1.29, 1.82) is 0 Å². The Morgan fingerprint density at radius 3 is 2.76 bits per heavy atom. The Bertz CT molecular complexity index is 599. The van der Waals surface area contributed by atoms with Gasteiger partial charge < -0.3 is 9.73 Å². The van der Waals surface area contributed by atoms with Gasteiger partial charge in [0.2, 0.25) is 0 Å². The Morgan fingerprint density at radius 2 is 2.05 bits per heavy atom. The van der Waals surface area contributed by atoms with Crippen molar-refractivity contribution in [3.8, 4) is 11.3 Å². The molecule has 2 rings (SSSR count). The second-order valence-corrected chi connectivity index (χ2v) is 7.41. The zero-order valence-electron chi connectivity index (χ0n) is 13.2. The van der Waals surface area contributed by atoms with E-state index in [-0.39, 0.29) is 5.54 Å². The van der Waals surface area contributed by atoms with Gasteiger partial charge in [0.05, 0.1) is 6.20 Å². The summed E-state index contributed by atoms with van der Waals surface area (Å²) in [4.78, 5) is 4.40. The van der Waals surface area contributed by atoms with Crippen molar-refractivity contribution in [1.82, 2.24) is 10.3 Å². The summed E-state index contributed by atoms with van der Waals surface area (Å²) in [6.45, 7) is 9.62. The van der Waals surface area contributed by atoms with Gasteiger partial charge in [0.1, 0.15) is 0 Å². The number of benzene rings is 1. The molecule has 0 unspecified atom stereocenters. The quantitative estimate of drug-likeness (QED) is 0.592. The van der Waals surface area contributed by atoms with Gasteiger partial charge in [0.15, 0.2) is 11.7 Å². The van der Waals surface area contributed by atoms with Crippen molar-refractivity contribution in [3.05, 3.63) is 39.4 Å². The first-order valence-corrected chi connectivity index (χ1v) is 8.40. The molecule has 0 bridgehead atoms. The molecule has 21 heavy (non-hydrogen) atoms. The number of rotatable bonds is 5. The van der Waals surface area contributed by atoms with Gasteiger partial charge in [-0.05, 0) is 68.8 Å². The first kappa shape index (κ1) is 16.5. The first-order chi connectivity index (χ1) is 9.87. The molecule has 0 atom stereocenters. The number of nitrogens with zero attached hydrogens (tertiary/aromatic N) is 1. The molecule has 0 aliphatic rings. The molecule has 114 valence electrons. The molecule has 0 saturated carbocycles. The number of aromatic nitrogens is 1. The minimum atomic E-state index is 0.166. The van der Waals surface area contributed by atoms with Crippen molar-refractivity contribution < 1.29 is 4.42 Å². The molecule has 0 aliphatic carbocycles. The van der Waals surface area contributed by atoms with Crippen LogP contribution in [0.15, 0.2) is 28.8 Å². The van der Waals surface area contributed by atoms with Crippen LogP contribution in [0.2, 0.25) is 0 Å². The molecule has 0 aliphatic heterocycles. The van der Waals surface area contributed by atoms with Gasteiger partial charge in [0, 0.05) is 21.1 Å². The molecule has 1 aromatic carbocycles. The smallest absolute Gasteiger partial charge is 0.194 e. The van der Waals surface area contributed by atoms with E-state index in [0.29, 0.717) is 0 Å². The largest absolute Gasteiger partial charge is 0.441 e. The summed E-state index contributed by atoms with van der Waals surface area (Å²) in [5, 5.41) is 3.48. The van der Waals surface area contributed by atoms with Crippen LogP contribution in [0.25, 0.3) is 11.3 Å². The summed E-state index contributed by atoms with van der Waals surface area (Å²) >= 11 is 2.36. The van der Waals surface area contributed by atoms with Crippen LogP contribution >= 0.6 is 22.6 Å². The highest BCUT2D eigenvalue weighted by atomic mass is 127. The maximum absolute atomic E-state index is 5.89. The Labute approximate surface area is 140 Å². The molecule has 0 saturated heterocycles. The molecule has 0 amide bonds. The number of nitrogens with one attached hydrogen (secondary N) is 1. The third-order valence-corrected chi connectivity index (χ3v) is 4.67. The standard InChI is InChI=1S/C17H23IN2O/c1-12-7-5-8-13(16(12)18)14-11-19-15(21-14)9-6-10-20-17(2,3)4/h5,7-8,11,20H,6,9-10H2,1-4H3. The zero-order chi connectivity index (χ0) is 15.5. The summed E-state index contributed by atoms with van der Waals surface area (Å²) in [5.74, 6) is 1.68. The molecule has 1 heterocycles. The van der Waals surface area contributed by atoms with E-state index in [2.05, 4.69) is 78.8 Å². The SMILES string of the molecule is Cc1cccc(-c2cnc(CCCNC(C)(C)C)o2)c1I. The molecular formula is C17H23IN2O. The minimum Gasteiger partial charge on any atom is -0.441 e. The third-order valence-electron chi connectivity index (χ3n) is 3.23. The lowest BCUT2D eigenvalue weighted by atomic mass is 10.1. The van der Waals surface area contributed by atoms with Crippen molar-refractivity contribution in [2.24, 2.45) is 0 Å². The summed E-state index contributed by atoms with van der Waals surface area (Å²) in [7, 11) is 0. The number of oxazole rings is 1. The topological polar surface area (TPSA) is 38.1 Å². The number of halogens is 1. The fraction of sp³-hybridized carbons (Fsp3) is 0.471. The Hall–Kier alpha value is -0.880. The maximum atomic E-state index is 5.89. The molecule has 2 aromatic rings. The molecule has 4 heteroatoms. The highest BCUT2D eigenvalue weighted by Gasteiger charge is 2.11. The zero-order valence-corrected chi connectivity index (χ0v) is 15.3. The fourth-order valence-electron chi connectivity index (χ4n) is 2.09. The van der Waals surface area contributed by atoms with E-state index in [9.17, 15) is 0 Å². The number of aryl methyl sites for hydroxylation is 2. The normalized spacial score (nSPS) is 11.9. The monoisotopic (exact) mass is 398 g/mol. The van der Waals surface area contributed by atoms with E-state index >= 15 is 0 Å². The predicted octanol–water partition coefficient (Wildman–Crippen LogP) is 4.58.